The van der Waals surface area contributed by atoms with Crippen LogP contribution in [-0.2, 0) is 5.41 Å². The average Bonchev–Trinajstić information content (AvgIpc) is 3.18. The van der Waals surface area contributed by atoms with Crippen molar-refractivity contribution in [1.82, 2.24) is 25.5 Å². The Morgan fingerprint density at radius 3 is 2.40 bits per heavy atom. The van der Waals surface area contributed by atoms with E-state index in [-0.39, 0.29) is 5.41 Å². The number of aromatic nitrogens is 4. The number of piperidine rings is 1. The van der Waals surface area contributed by atoms with Crippen molar-refractivity contribution in [3.63, 3.8) is 0 Å². The number of benzene rings is 2. The first-order valence-electron chi connectivity index (χ1n) is 8.77. The molecule has 1 aliphatic heterocycles. The van der Waals surface area contributed by atoms with Gasteiger partial charge in [-0.25, -0.2) is 0 Å². The average molecular weight is 333 g/mol. The number of H-pyrrole nitrogens is 1. The summed E-state index contributed by atoms with van der Waals surface area (Å²) >= 11 is 0. The maximum atomic E-state index is 4.07. The Balaban J connectivity index is 1.76. The summed E-state index contributed by atoms with van der Waals surface area (Å²) < 4.78 is 0. The molecule has 0 spiro atoms. The summed E-state index contributed by atoms with van der Waals surface area (Å²) in [5.41, 5.74) is 5.18. The molecule has 5 nitrogen and oxygen atoms in total. The first-order valence-corrected chi connectivity index (χ1v) is 8.77. The van der Waals surface area contributed by atoms with Gasteiger partial charge >= 0.3 is 0 Å². The Morgan fingerprint density at radius 1 is 1.00 bits per heavy atom. The number of tetrazole rings is 1. The van der Waals surface area contributed by atoms with Crippen LogP contribution in [0.5, 0.6) is 0 Å². The minimum atomic E-state index is 0.0777. The lowest BCUT2D eigenvalue weighted by Gasteiger charge is -2.42. The zero-order chi connectivity index (χ0) is 17.3. The molecule has 1 N–H and O–H groups in total. The third-order valence-electron chi connectivity index (χ3n) is 5.45. The van der Waals surface area contributed by atoms with E-state index in [1.54, 1.807) is 0 Å². The first-order chi connectivity index (χ1) is 12.2. The maximum Gasteiger partial charge on any atom is 0.204 e. The normalized spacial score (nSPS) is 17.5. The molecule has 3 aromatic rings. The smallest absolute Gasteiger partial charge is 0.204 e. The zero-order valence-corrected chi connectivity index (χ0v) is 14.7. The van der Waals surface area contributed by atoms with Gasteiger partial charge in [-0.3, -0.25) is 0 Å². The lowest BCUT2D eigenvalue weighted by molar-refractivity contribution is 0.213. The van der Waals surface area contributed by atoms with E-state index in [0.717, 1.165) is 31.5 Å². The Morgan fingerprint density at radius 2 is 1.76 bits per heavy atom. The molecule has 1 fully saturated rings. The fourth-order valence-electron chi connectivity index (χ4n) is 3.91. The number of nitrogens with zero attached hydrogens (tertiary/aromatic N) is 4. The van der Waals surface area contributed by atoms with Crippen LogP contribution in [0.3, 0.4) is 0 Å². The summed E-state index contributed by atoms with van der Waals surface area (Å²) in [5.74, 6) is 0.638. The van der Waals surface area contributed by atoms with E-state index in [2.05, 4.69) is 88.0 Å². The van der Waals surface area contributed by atoms with Crippen molar-refractivity contribution in [3.05, 3.63) is 65.2 Å². The van der Waals surface area contributed by atoms with E-state index in [4.69, 9.17) is 0 Å². The lowest BCUT2D eigenvalue weighted by atomic mass is 9.68. The molecule has 4 rings (SSSR count). The highest BCUT2D eigenvalue weighted by Crippen LogP contribution is 2.42. The van der Waals surface area contributed by atoms with Crippen LogP contribution in [0.15, 0.2) is 48.5 Å². The molecule has 0 radical (unpaired) electrons. The highest BCUT2D eigenvalue weighted by atomic mass is 15.5. The highest BCUT2D eigenvalue weighted by Gasteiger charge is 2.37. The lowest BCUT2D eigenvalue weighted by Crippen LogP contribution is -2.41. The van der Waals surface area contributed by atoms with Gasteiger partial charge in [0.2, 0.25) is 5.82 Å². The standard InChI is InChI=1S/C20H23N5/c1-15-4-3-5-18(14-15)20(10-12-25(2)13-11-20)17-8-6-16(7-9-17)19-21-23-24-22-19/h3-9,14H,10-13H2,1-2H3,(H,21,22,23,24). The van der Waals surface area contributed by atoms with Gasteiger partial charge < -0.3 is 4.90 Å². The van der Waals surface area contributed by atoms with E-state index in [1.807, 2.05) is 0 Å². The molecule has 2 aromatic carbocycles. The number of likely N-dealkylation sites (tertiary alicyclic amines) is 1. The highest BCUT2D eigenvalue weighted by molar-refractivity contribution is 5.56. The molecule has 0 unspecified atom stereocenters. The van der Waals surface area contributed by atoms with Crippen LogP contribution in [0.1, 0.15) is 29.5 Å². The largest absolute Gasteiger partial charge is 0.306 e. The molecule has 0 saturated carbocycles. The van der Waals surface area contributed by atoms with Gasteiger partial charge in [0.1, 0.15) is 0 Å². The number of nitrogens with one attached hydrogen (secondary N) is 1. The summed E-state index contributed by atoms with van der Waals surface area (Å²) in [4.78, 5) is 2.42. The maximum absolute atomic E-state index is 4.07. The Bertz CT molecular complexity index is 831. The van der Waals surface area contributed by atoms with Gasteiger partial charge in [0.05, 0.1) is 0 Å². The molecule has 1 aromatic heterocycles. The van der Waals surface area contributed by atoms with E-state index < -0.39 is 0 Å². The molecule has 25 heavy (non-hydrogen) atoms. The Labute approximate surface area is 148 Å². The summed E-state index contributed by atoms with van der Waals surface area (Å²) in [5, 5.41) is 14.3. The van der Waals surface area contributed by atoms with Gasteiger partial charge in [-0.1, -0.05) is 54.1 Å². The summed E-state index contributed by atoms with van der Waals surface area (Å²) in [6.45, 7) is 4.40. The zero-order valence-electron chi connectivity index (χ0n) is 14.7. The first kappa shape index (κ1) is 16.0. The van der Waals surface area contributed by atoms with Crippen molar-refractivity contribution in [1.29, 1.82) is 0 Å². The molecule has 1 aliphatic rings. The topological polar surface area (TPSA) is 57.7 Å². The predicted molar refractivity (Wildman–Crippen MR) is 98.3 cm³/mol. The molecule has 128 valence electrons. The summed E-state index contributed by atoms with van der Waals surface area (Å²) in [6, 6.07) is 17.7. The van der Waals surface area contributed by atoms with E-state index >= 15 is 0 Å². The monoisotopic (exact) mass is 333 g/mol. The van der Waals surface area contributed by atoms with Crippen LogP contribution in [-0.4, -0.2) is 45.7 Å². The van der Waals surface area contributed by atoms with Gasteiger partial charge in [-0.2, -0.15) is 5.21 Å². The van der Waals surface area contributed by atoms with Gasteiger partial charge in [0.25, 0.3) is 0 Å². The van der Waals surface area contributed by atoms with Crippen LogP contribution in [0.25, 0.3) is 11.4 Å². The molecule has 5 heteroatoms. The van der Waals surface area contributed by atoms with Crippen LogP contribution in [0.2, 0.25) is 0 Å². The summed E-state index contributed by atoms with van der Waals surface area (Å²) in [6.07, 6.45) is 2.27. The van der Waals surface area contributed by atoms with E-state index in [9.17, 15) is 0 Å². The van der Waals surface area contributed by atoms with Crippen molar-refractivity contribution < 1.29 is 0 Å². The molecule has 0 bridgehead atoms. The Hall–Kier alpha value is -2.53. The second-order valence-electron chi connectivity index (χ2n) is 7.07. The molecule has 0 amide bonds. The minimum absolute atomic E-state index is 0.0777. The second-order valence-corrected chi connectivity index (χ2v) is 7.07. The summed E-state index contributed by atoms with van der Waals surface area (Å²) in [7, 11) is 2.21. The van der Waals surface area contributed by atoms with Gasteiger partial charge in [0, 0.05) is 11.0 Å². The van der Waals surface area contributed by atoms with Gasteiger partial charge in [-0.15, -0.1) is 10.2 Å². The van der Waals surface area contributed by atoms with Crippen LogP contribution < -0.4 is 0 Å². The third kappa shape index (κ3) is 2.96. The number of aryl methyl sites for hydroxylation is 1. The van der Waals surface area contributed by atoms with Crippen molar-refractivity contribution in [3.8, 4) is 11.4 Å². The number of aromatic amines is 1. The molecule has 0 atom stereocenters. The Kier molecular flexibility index (Phi) is 4.09. The van der Waals surface area contributed by atoms with E-state index in [1.165, 1.54) is 16.7 Å². The molecule has 2 heterocycles. The fourth-order valence-corrected chi connectivity index (χ4v) is 3.91. The van der Waals surface area contributed by atoms with Gasteiger partial charge in [-0.05, 0) is 56.2 Å². The van der Waals surface area contributed by atoms with Crippen LogP contribution >= 0.6 is 0 Å². The van der Waals surface area contributed by atoms with Crippen molar-refractivity contribution in [2.24, 2.45) is 0 Å². The number of rotatable bonds is 3. The third-order valence-corrected chi connectivity index (χ3v) is 5.45. The molecular weight excluding hydrogens is 310 g/mol. The van der Waals surface area contributed by atoms with Crippen molar-refractivity contribution >= 4 is 0 Å². The fraction of sp³-hybridized carbons (Fsp3) is 0.350. The van der Waals surface area contributed by atoms with Gasteiger partial charge in [0.15, 0.2) is 0 Å². The van der Waals surface area contributed by atoms with Crippen molar-refractivity contribution in [2.45, 2.75) is 25.2 Å². The minimum Gasteiger partial charge on any atom is -0.306 e. The second kappa shape index (κ2) is 6.41. The van der Waals surface area contributed by atoms with Crippen LogP contribution in [0, 0.1) is 6.92 Å². The van der Waals surface area contributed by atoms with Crippen LogP contribution in [0.4, 0.5) is 0 Å². The van der Waals surface area contributed by atoms with E-state index in [0.29, 0.717) is 5.82 Å². The quantitative estimate of drug-likeness (QED) is 0.800. The number of hydrogen-bond acceptors (Lipinski definition) is 4. The molecule has 0 aliphatic carbocycles. The predicted octanol–water partition coefficient (Wildman–Crippen LogP) is 3.19. The molecule has 1 saturated heterocycles. The SMILES string of the molecule is Cc1cccc(C2(c3ccc(-c4nn[nH]n4)cc3)CCN(C)CC2)c1. The molecular formula is C20H23N5. The number of hydrogen-bond donors (Lipinski definition) is 1. The van der Waals surface area contributed by atoms with Crippen molar-refractivity contribution in [2.75, 3.05) is 20.1 Å².